The topological polar surface area (TPSA) is 87.8 Å². The summed E-state index contributed by atoms with van der Waals surface area (Å²) in [5.74, 6) is 0.651. The predicted molar refractivity (Wildman–Crippen MR) is 94.7 cm³/mol. The van der Waals surface area contributed by atoms with Gasteiger partial charge in [-0.15, -0.1) is 0 Å². The zero-order valence-corrected chi connectivity index (χ0v) is 15.1. The maximum atomic E-state index is 13.0. The molecule has 0 saturated carbocycles. The average molecular weight is 358 g/mol. The van der Waals surface area contributed by atoms with Crippen LogP contribution in [0.1, 0.15) is 26.5 Å². The Labute approximate surface area is 151 Å². The number of aromatic amines is 1. The number of benzene rings is 1. The fraction of sp³-hybridized carbons (Fsp3) is 0.389. The molecule has 1 fully saturated rings. The number of aryl methyl sites for hydroxylation is 1. The summed E-state index contributed by atoms with van der Waals surface area (Å²) in [6, 6.07) is 6.96. The van der Waals surface area contributed by atoms with Crippen molar-refractivity contribution in [1.82, 2.24) is 20.0 Å². The van der Waals surface area contributed by atoms with Gasteiger partial charge in [0.2, 0.25) is 0 Å². The number of aromatic nitrogens is 2. The molecule has 0 unspecified atom stereocenters. The van der Waals surface area contributed by atoms with Crippen molar-refractivity contribution < 1.29 is 19.1 Å². The highest BCUT2D eigenvalue weighted by Crippen LogP contribution is 2.29. The number of amides is 2. The van der Waals surface area contributed by atoms with Crippen molar-refractivity contribution in [3.63, 3.8) is 0 Å². The molecular formula is C18H22N4O4. The molecule has 1 saturated heterocycles. The van der Waals surface area contributed by atoms with Gasteiger partial charge < -0.3 is 19.3 Å². The molecule has 1 aromatic carbocycles. The molecular weight excluding hydrogens is 336 g/mol. The molecule has 3 rings (SSSR count). The first-order chi connectivity index (χ1) is 12.5. The van der Waals surface area contributed by atoms with Crippen LogP contribution in [-0.4, -0.2) is 72.2 Å². The molecule has 1 aliphatic heterocycles. The Morgan fingerprint density at radius 3 is 2.00 bits per heavy atom. The van der Waals surface area contributed by atoms with Gasteiger partial charge in [-0.25, -0.2) is 0 Å². The summed E-state index contributed by atoms with van der Waals surface area (Å²) in [5.41, 5.74) is 1.64. The monoisotopic (exact) mass is 358 g/mol. The minimum Gasteiger partial charge on any atom is -0.496 e. The molecule has 0 aliphatic carbocycles. The quantitative estimate of drug-likeness (QED) is 0.891. The highest BCUT2D eigenvalue weighted by molar-refractivity contribution is 6.00. The van der Waals surface area contributed by atoms with Gasteiger partial charge in [0.25, 0.3) is 11.8 Å². The van der Waals surface area contributed by atoms with Gasteiger partial charge in [0.15, 0.2) is 0 Å². The average Bonchev–Trinajstić information content (AvgIpc) is 3.12. The third-order valence-corrected chi connectivity index (χ3v) is 4.42. The standard InChI is InChI=1S/C18H22N4O4/c1-12-11-13(20-19-12)17(23)21-7-9-22(10-8-21)18(24)16-14(25-2)5-4-6-15(16)26-3/h4-6,11H,7-10H2,1-3H3,(H,19,20). The second kappa shape index (κ2) is 7.47. The number of nitrogens with one attached hydrogen (secondary N) is 1. The molecule has 26 heavy (non-hydrogen) atoms. The van der Waals surface area contributed by atoms with Crippen LogP contribution in [0.2, 0.25) is 0 Å². The van der Waals surface area contributed by atoms with E-state index in [1.54, 1.807) is 34.1 Å². The lowest BCUT2D eigenvalue weighted by Gasteiger charge is -2.34. The Hall–Kier alpha value is -3.03. The molecule has 0 atom stereocenters. The van der Waals surface area contributed by atoms with Crippen LogP contribution in [0.4, 0.5) is 0 Å². The number of carbonyl (C=O) groups is 2. The lowest BCUT2D eigenvalue weighted by molar-refractivity contribution is 0.0528. The van der Waals surface area contributed by atoms with Crippen LogP contribution in [0.3, 0.4) is 0 Å². The zero-order valence-electron chi connectivity index (χ0n) is 15.1. The van der Waals surface area contributed by atoms with Gasteiger partial charge in [0, 0.05) is 31.9 Å². The Balaban J connectivity index is 1.70. The molecule has 0 radical (unpaired) electrons. The first-order valence-electron chi connectivity index (χ1n) is 8.36. The number of hydrogen-bond acceptors (Lipinski definition) is 5. The van der Waals surface area contributed by atoms with E-state index in [4.69, 9.17) is 9.47 Å². The summed E-state index contributed by atoms with van der Waals surface area (Å²) in [6.45, 7) is 3.63. The Kier molecular flexibility index (Phi) is 5.11. The molecule has 8 heteroatoms. The lowest BCUT2D eigenvalue weighted by Crippen LogP contribution is -2.50. The molecule has 2 amide bonds. The molecule has 2 aromatic rings. The van der Waals surface area contributed by atoms with Crippen LogP contribution >= 0.6 is 0 Å². The van der Waals surface area contributed by atoms with Crippen molar-refractivity contribution in [2.45, 2.75) is 6.92 Å². The van der Waals surface area contributed by atoms with Gasteiger partial charge in [-0.2, -0.15) is 5.10 Å². The third-order valence-electron chi connectivity index (χ3n) is 4.42. The second-order valence-corrected chi connectivity index (χ2v) is 6.06. The normalized spacial score (nSPS) is 14.3. The number of rotatable bonds is 4. The molecule has 138 valence electrons. The van der Waals surface area contributed by atoms with E-state index in [0.29, 0.717) is 48.9 Å². The second-order valence-electron chi connectivity index (χ2n) is 6.06. The largest absolute Gasteiger partial charge is 0.496 e. The van der Waals surface area contributed by atoms with E-state index in [-0.39, 0.29) is 11.8 Å². The van der Waals surface area contributed by atoms with Crippen LogP contribution in [-0.2, 0) is 0 Å². The van der Waals surface area contributed by atoms with Gasteiger partial charge >= 0.3 is 0 Å². The van der Waals surface area contributed by atoms with Crippen LogP contribution < -0.4 is 9.47 Å². The van der Waals surface area contributed by atoms with E-state index in [2.05, 4.69) is 10.2 Å². The molecule has 2 heterocycles. The summed E-state index contributed by atoms with van der Waals surface area (Å²) in [4.78, 5) is 28.8. The summed E-state index contributed by atoms with van der Waals surface area (Å²) in [5, 5.41) is 6.78. The van der Waals surface area contributed by atoms with Crippen molar-refractivity contribution in [3.8, 4) is 11.5 Å². The predicted octanol–water partition coefficient (Wildman–Crippen LogP) is 1.33. The van der Waals surface area contributed by atoms with Crippen molar-refractivity contribution >= 4 is 11.8 Å². The van der Waals surface area contributed by atoms with Gasteiger partial charge in [-0.3, -0.25) is 14.7 Å². The van der Waals surface area contributed by atoms with Crippen molar-refractivity contribution in [2.24, 2.45) is 0 Å². The number of H-pyrrole nitrogens is 1. The van der Waals surface area contributed by atoms with Crippen LogP contribution in [0.5, 0.6) is 11.5 Å². The van der Waals surface area contributed by atoms with E-state index >= 15 is 0 Å². The molecule has 1 aliphatic rings. The first kappa shape index (κ1) is 17.8. The molecule has 8 nitrogen and oxygen atoms in total. The molecule has 1 N–H and O–H groups in total. The Morgan fingerprint density at radius 1 is 1.00 bits per heavy atom. The van der Waals surface area contributed by atoms with Crippen molar-refractivity contribution in [1.29, 1.82) is 0 Å². The van der Waals surface area contributed by atoms with Crippen LogP contribution in [0.25, 0.3) is 0 Å². The summed E-state index contributed by atoms with van der Waals surface area (Å²) in [6.07, 6.45) is 0. The Morgan fingerprint density at radius 2 is 1.54 bits per heavy atom. The van der Waals surface area contributed by atoms with Crippen LogP contribution in [0, 0.1) is 6.92 Å². The minimum absolute atomic E-state index is 0.128. The fourth-order valence-corrected chi connectivity index (χ4v) is 3.02. The zero-order chi connectivity index (χ0) is 18.7. The number of hydrogen-bond donors (Lipinski definition) is 1. The van der Waals surface area contributed by atoms with Gasteiger partial charge in [-0.05, 0) is 25.1 Å². The molecule has 1 aromatic heterocycles. The number of ether oxygens (including phenoxy) is 2. The maximum Gasteiger partial charge on any atom is 0.274 e. The number of methoxy groups -OCH3 is 2. The fourth-order valence-electron chi connectivity index (χ4n) is 3.02. The Bertz CT molecular complexity index is 787. The highest BCUT2D eigenvalue weighted by Gasteiger charge is 2.29. The maximum absolute atomic E-state index is 13.0. The lowest BCUT2D eigenvalue weighted by atomic mass is 10.1. The van der Waals surface area contributed by atoms with E-state index in [1.807, 2.05) is 6.92 Å². The SMILES string of the molecule is COc1cccc(OC)c1C(=O)N1CCN(C(=O)c2cc(C)[nH]n2)CC1. The van der Waals surface area contributed by atoms with E-state index < -0.39 is 0 Å². The first-order valence-corrected chi connectivity index (χ1v) is 8.36. The van der Waals surface area contributed by atoms with Crippen molar-refractivity contribution in [3.05, 3.63) is 41.2 Å². The summed E-state index contributed by atoms with van der Waals surface area (Å²) >= 11 is 0. The van der Waals surface area contributed by atoms with Gasteiger partial charge in [0.05, 0.1) is 14.2 Å². The van der Waals surface area contributed by atoms with E-state index in [9.17, 15) is 9.59 Å². The number of nitrogens with zero attached hydrogens (tertiary/aromatic N) is 3. The summed E-state index contributed by atoms with van der Waals surface area (Å²) < 4.78 is 10.6. The third kappa shape index (κ3) is 3.35. The van der Waals surface area contributed by atoms with Crippen molar-refractivity contribution in [2.75, 3.05) is 40.4 Å². The van der Waals surface area contributed by atoms with Crippen LogP contribution in [0.15, 0.2) is 24.3 Å². The van der Waals surface area contributed by atoms with E-state index in [0.717, 1.165) is 5.69 Å². The highest BCUT2D eigenvalue weighted by atomic mass is 16.5. The van der Waals surface area contributed by atoms with Gasteiger partial charge in [-0.1, -0.05) is 6.07 Å². The smallest absolute Gasteiger partial charge is 0.274 e. The number of piperazine rings is 1. The van der Waals surface area contributed by atoms with Gasteiger partial charge in [0.1, 0.15) is 22.8 Å². The molecule has 0 spiro atoms. The van der Waals surface area contributed by atoms with E-state index in [1.165, 1.54) is 14.2 Å². The minimum atomic E-state index is -0.165. The number of carbonyl (C=O) groups excluding carboxylic acids is 2. The molecule has 0 bridgehead atoms. The summed E-state index contributed by atoms with van der Waals surface area (Å²) in [7, 11) is 3.04.